The summed E-state index contributed by atoms with van der Waals surface area (Å²) in [4.78, 5) is 18.5. The molecule has 0 bridgehead atoms. The van der Waals surface area contributed by atoms with E-state index in [-0.39, 0.29) is 11.7 Å². The van der Waals surface area contributed by atoms with E-state index in [2.05, 4.69) is 15.6 Å². The zero-order valence-corrected chi connectivity index (χ0v) is 15.9. The Morgan fingerprint density at radius 2 is 1.71 bits per heavy atom. The predicted octanol–water partition coefficient (Wildman–Crippen LogP) is 4.19. The Hall–Kier alpha value is -3.41. The summed E-state index contributed by atoms with van der Waals surface area (Å²) in [6.45, 7) is 0.576. The lowest BCUT2D eigenvalue weighted by atomic mass is 10.1. The molecule has 0 aliphatic heterocycles. The number of halogens is 1. The predicted molar refractivity (Wildman–Crippen MR) is 112 cm³/mol. The maximum absolute atomic E-state index is 13.6. The second-order valence-electron chi connectivity index (χ2n) is 6.60. The summed E-state index contributed by atoms with van der Waals surface area (Å²) in [6.07, 6.45) is 2.17. The molecule has 144 valence electrons. The molecular weight excluding hydrogens is 355 g/mol. The van der Waals surface area contributed by atoms with Gasteiger partial charge in [-0.15, -0.1) is 0 Å². The van der Waals surface area contributed by atoms with Crippen molar-refractivity contribution in [3.63, 3.8) is 0 Å². The van der Waals surface area contributed by atoms with Crippen molar-refractivity contribution in [3.05, 3.63) is 83.9 Å². The van der Waals surface area contributed by atoms with Crippen LogP contribution in [-0.4, -0.2) is 31.5 Å². The maximum Gasteiger partial charge on any atom is 0.274 e. The van der Waals surface area contributed by atoms with E-state index in [0.717, 1.165) is 11.4 Å². The van der Waals surface area contributed by atoms with Crippen molar-refractivity contribution in [2.24, 2.45) is 0 Å². The molecule has 1 aromatic heterocycles. The van der Waals surface area contributed by atoms with Gasteiger partial charge in [-0.3, -0.25) is 4.79 Å². The first-order valence-corrected chi connectivity index (χ1v) is 9.05. The average Bonchev–Trinajstić information content (AvgIpc) is 2.70. The van der Waals surface area contributed by atoms with Gasteiger partial charge in [-0.25, -0.2) is 9.37 Å². The topological polar surface area (TPSA) is 57.3 Å². The van der Waals surface area contributed by atoms with Gasteiger partial charge in [0.25, 0.3) is 5.91 Å². The molecule has 6 heteroatoms. The van der Waals surface area contributed by atoms with E-state index in [1.54, 1.807) is 30.5 Å². The Labute approximate surface area is 164 Å². The summed E-state index contributed by atoms with van der Waals surface area (Å²) in [6, 6.07) is 17.8. The number of pyridine rings is 1. The Balaban J connectivity index is 1.53. The first kappa shape index (κ1) is 19.4. The molecule has 5 nitrogen and oxygen atoms in total. The van der Waals surface area contributed by atoms with Crippen LogP contribution in [0.2, 0.25) is 0 Å². The minimum absolute atomic E-state index is 0.201. The molecule has 0 fully saturated rings. The molecule has 0 radical (unpaired) electrons. The van der Waals surface area contributed by atoms with Gasteiger partial charge in [0.05, 0.1) is 11.9 Å². The minimum Gasteiger partial charge on any atom is -0.383 e. The molecule has 0 spiro atoms. The first-order chi connectivity index (χ1) is 13.5. The highest BCUT2D eigenvalue weighted by Gasteiger charge is 2.08. The second kappa shape index (κ2) is 8.99. The standard InChI is InChI=1S/C22H23FN4O/c1-27(2)19-10-7-17(8-11-19)26-22(28)21-12-9-18(15-25-21)24-14-13-16-5-3-4-6-20(16)23/h3-12,15,24H,13-14H2,1-2H3,(H,26,28). The molecule has 1 amide bonds. The summed E-state index contributed by atoms with van der Waals surface area (Å²) in [7, 11) is 3.92. The molecule has 0 aliphatic carbocycles. The van der Waals surface area contributed by atoms with Crippen LogP contribution in [0.4, 0.5) is 21.5 Å². The lowest BCUT2D eigenvalue weighted by Gasteiger charge is -2.13. The van der Waals surface area contributed by atoms with Crippen LogP contribution in [0.5, 0.6) is 0 Å². The zero-order chi connectivity index (χ0) is 19.9. The van der Waals surface area contributed by atoms with Crippen LogP contribution in [0.1, 0.15) is 16.1 Å². The van der Waals surface area contributed by atoms with Crippen molar-refractivity contribution in [2.75, 3.05) is 36.2 Å². The molecule has 3 rings (SSSR count). The van der Waals surface area contributed by atoms with Crippen molar-refractivity contribution in [3.8, 4) is 0 Å². The van der Waals surface area contributed by atoms with Gasteiger partial charge in [0.2, 0.25) is 0 Å². The number of hydrogen-bond donors (Lipinski definition) is 2. The van der Waals surface area contributed by atoms with E-state index >= 15 is 0 Å². The van der Waals surface area contributed by atoms with Crippen molar-refractivity contribution < 1.29 is 9.18 Å². The van der Waals surface area contributed by atoms with Crippen LogP contribution >= 0.6 is 0 Å². The number of carbonyl (C=O) groups excluding carboxylic acids is 1. The number of amides is 1. The highest BCUT2D eigenvalue weighted by molar-refractivity contribution is 6.03. The monoisotopic (exact) mass is 378 g/mol. The fourth-order valence-corrected chi connectivity index (χ4v) is 2.71. The van der Waals surface area contributed by atoms with Crippen LogP contribution < -0.4 is 15.5 Å². The Morgan fingerprint density at radius 3 is 2.36 bits per heavy atom. The number of benzene rings is 2. The molecule has 28 heavy (non-hydrogen) atoms. The van der Waals surface area contributed by atoms with Gasteiger partial charge in [-0.05, 0) is 54.4 Å². The largest absolute Gasteiger partial charge is 0.383 e. The van der Waals surface area contributed by atoms with Crippen LogP contribution in [-0.2, 0) is 6.42 Å². The van der Waals surface area contributed by atoms with Crippen molar-refractivity contribution in [1.29, 1.82) is 0 Å². The van der Waals surface area contributed by atoms with Gasteiger partial charge in [0, 0.05) is 32.0 Å². The summed E-state index contributed by atoms with van der Waals surface area (Å²) in [5, 5.41) is 6.02. The first-order valence-electron chi connectivity index (χ1n) is 9.05. The third-order valence-electron chi connectivity index (χ3n) is 4.32. The van der Waals surface area contributed by atoms with Gasteiger partial charge >= 0.3 is 0 Å². The van der Waals surface area contributed by atoms with E-state index in [9.17, 15) is 9.18 Å². The van der Waals surface area contributed by atoms with Gasteiger partial charge in [0.15, 0.2) is 0 Å². The van der Waals surface area contributed by atoms with Crippen LogP contribution in [0.3, 0.4) is 0 Å². The SMILES string of the molecule is CN(C)c1ccc(NC(=O)c2ccc(NCCc3ccccc3F)cn2)cc1. The number of hydrogen-bond acceptors (Lipinski definition) is 4. The quantitative estimate of drug-likeness (QED) is 0.647. The summed E-state index contributed by atoms with van der Waals surface area (Å²) >= 11 is 0. The second-order valence-corrected chi connectivity index (χ2v) is 6.60. The highest BCUT2D eigenvalue weighted by Crippen LogP contribution is 2.16. The Kier molecular flexibility index (Phi) is 6.22. The van der Waals surface area contributed by atoms with Crippen molar-refractivity contribution in [2.45, 2.75) is 6.42 Å². The molecule has 2 N–H and O–H groups in total. The lowest BCUT2D eigenvalue weighted by Crippen LogP contribution is -2.14. The van der Waals surface area contributed by atoms with Gasteiger partial charge in [-0.2, -0.15) is 0 Å². The zero-order valence-electron chi connectivity index (χ0n) is 15.9. The molecular formula is C22H23FN4O. The number of nitrogens with one attached hydrogen (secondary N) is 2. The normalized spacial score (nSPS) is 10.4. The summed E-state index contributed by atoms with van der Waals surface area (Å²) < 4.78 is 13.6. The molecule has 0 unspecified atom stereocenters. The third kappa shape index (κ3) is 5.07. The molecule has 0 aliphatic rings. The van der Waals surface area contributed by atoms with E-state index in [0.29, 0.717) is 29.9 Å². The fourth-order valence-electron chi connectivity index (χ4n) is 2.71. The molecule has 3 aromatic rings. The fraction of sp³-hybridized carbons (Fsp3) is 0.182. The van der Waals surface area contributed by atoms with Crippen molar-refractivity contribution >= 4 is 23.0 Å². The van der Waals surface area contributed by atoms with Gasteiger partial charge in [-0.1, -0.05) is 18.2 Å². The minimum atomic E-state index is -0.268. The lowest BCUT2D eigenvalue weighted by molar-refractivity contribution is 0.102. The summed E-state index contributed by atoms with van der Waals surface area (Å²) in [5.41, 5.74) is 3.55. The number of aromatic nitrogens is 1. The van der Waals surface area contributed by atoms with E-state index < -0.39 is 0 Å². The molecule has 2 aromatic carbocycles. The molecule has 0 saturated heterocycles. The van der Waals surface area contributed by atoms with E-state index in [1.165, 1.54) is 6.07 Å². The number of carbonyl (C=O) groups is 1. The Bertz CT molecular complexity index is 924. The van der Waals surface area contributed by atoms with E-state index in [1.807, 2.05) is 49.3 Å². The van der Waals surface area contributed by atoms with Crippen LogP contribution in [0.25, 0.3) is 0 Å². The van der Waals surface area contributed by atoms with Crippen LogP contribution in [0.15, 0.2) is 66.9 Å². The number of rotatable bonds is 7. The summed E-state index contributed by atoms with van der Waals surface area (Å²) in [5.74, 6) is -0.469. The number of anilines is 3. The molecule has 0 saturated carbocycles. The number of nitrogens with zero attached hydrogens (tertiary/aromatic N) is 2. The van der Waals surface area contributed by atoms with Crippen molar-refractivity contribution in [1.82, 2.24) is 4.98 Å². The van der Waals surface area contributed by atoms with Gasteiger partial charge in [0.1, 0.15) is 11.5 Å². The van der Waals surface area contributed by atoms with E-state index in [4.69, 9.17) is 0 Å². The third-order valence-corrected chi connectivity index (χ3v) is 4.32. The highest BCUT2D eigenvalue weighted by atomic mass is 19.1. The Morgan fingerprint density at radius 1 is 1.00 bits per heavy atom. The van der Waals surface area contributed by atoms with Crippen LogP contribution in [0, 0.1) is 5.82 Å². The smallest absolute Gasteiger partial charge is 0.274 e. The average molecular weight is 378 g/mol. The van der Waals surface area contributed by atoms with Gasteiger partial charge < -0.3 is 15.5 Å². The molecule has 0 atom stereocenters. The maximum atomic E-state index is 13.6. The molecule has 1 heterocycles.